The molecule has 0 N–H and O–H groups in total. The van der Waals surface area contributed by atoms with Gasteiger partial charge in [-0.2, -0.15) is 0 Å². The number of hydrogen-bond donors (Lipinski definition) is 0. The van der Waals surface area contributed by atoms with Crippen LogP contribution in [-0.4, -0.2) is 24.0 Å². The van der Waals surface area contributed by atoms with Gasteiger partial charge in [-0.25, -0.2) is 8.78 Å². The molecule has 0 fully saturated rings. The van der Waals surface area contributed by atoms with Crippen molar-refractivity contribution < 1.29 is 18.3 Å². The number of carbonyl (C=O) groups is 1. The molecule has 0 saturated carbocycles. The molecule has 0 saturated heterocycles. The summed E-state index contributed by atoms with van der Waals surface area (Å²) in [5, 5.41) is 0. The van der Waals surface area contributed by atoms with E-state index in [0.29, 0.717) is 18.5 Å². The molecule has 4 rings (SSSR count). The Bertz CT molecular complexity index is 1010. The fraction of sp³-hybridized carbons (Fsp3) is 0.174. The predicted molar refractivity (Wildman–Crippen MR) is 102 cm³/mol. The smallest absolute Gasteiger partial charge is 0.261 e. The van der Waals surface area contributed by atoms with Crippen LogP contribution < -0.4 is 4.74 Å². The lowest BCUT2D eigenvalue weighted by Crippen LogP contribution is -2.43. The van der Waals surface area contributed by atoms with Crippen LogP contribution in [0.2, 0.25) is 0 Å². The normalized spacial score (nSPS) is 15.8. The number of amides is 1. The van der Waals surface area contributed by atoms with Crippen LogP contribution in [0.15, 0.2) is 72.8 Å². The van der Waals surface area contributed by atoms with Crippen molar-refractivity contribution in [1.82, 2.24) is 4.90 Å². The van der Waals surface area contributed by atoms with Crippen LogP contribution in [0.1, 0.15) is 22.7 Å². The van der Waals surface area contributed by atoms with Crippen molar-refractivity contribution in [3.8, 4) is 5.75 Å². The van der Waals surface area contributed by atoms with E-state index in [0.717, 1.165) is 11.1 Å². The zero-order valence-corrected chi connectivity index (χ0v) is 15.1. The Labute approximate surface area is 162 Å². The second-order valence-corrected chi connectivity index (χ2v) is 6.71. The Morgan fingerprint density at radius 2 is 1.79 bits per heavy atom. The van der Waals surface area contributed by atoms with E-state index in [1.807, 2.05) is 30.3 Å². The lowest BCUT2D eigenvalue weighted by atomic mass is 9.88. The van der Waals surface area contributed by atoms with Gasteiger partial charge in [0, 0.05) is 6.54 Å². The first kappa shape index (κ1) is 18.2. The molecule has 1 unspecified atom stereocenters. The molecule has 1 atom stereocenters. The summed E-state index contributed by atoms with van der Waals surface area (Å²) in [6.45, 7) is 0.201. The first-order chi connectivity index (χ1) is 13.6. The quantitative estimate of drug-likeness (QED) is 0.667. The van der Waals surface area contributed by atoms with Gasteiger partial charge in [0.25, 0.3) is 5.91 Å². The van der Waals surface area contributed by atoms with Gasteiger partial charge >= 0.3 is 0 Å². The maximum atomic E-state index is 13.9. The molecule has 1 heterocycles. The lowest BCUT2D eigenvalue weighted by Gasteiger charge is -2.37. The number of ether oxygens (including phenoxy) is 1. The van der Waals surface area contributed by atoms with E-state index in [2.05, 4.69) is 0 Å². The van der Waals surface area contributed by atoms with Crippen LogP contribution in [-0.2, 0) is 11.2 Å². The Kier molecular flexibility index (Phi) is 5.06. The summed E-state index contributed by atoms with van der Waals surface area (Å²) in [5.74, 6) is -1.10. The van der Waals surface area contributed by atoms with Crippen LogP contribution in [0.25, 0.3) is 0 Å². The van der Waals surface area contributed by atoms with Crippen LogP contribution in [0.3, 0.4) is 0 Å². The highest BCUT2D eigenvalue weighted by Crippen LogP contribution is 2.35. The van der Waals surface area contributed by atoms with E-state index in [4.69, 9.17) is 4.74 Å². The summed E-state index contributed by atoms with van der Waals surface area (Å²) in [6.07, 6.45) is 0.702. The van der Waals surface area contributed by atoms with Gasteiger partial charge in [0.15, 0.2) is 18.2 Å². The van der Waals surface area contributed by atoms with Crippen molar-refractivity contribution in [2.45, 2.75) is 12.5 Å². The number of carbonyl (C=O) groups excluding carboxylic acids is 1. The number of hydrogen-bond acceptors (Lipinski definition) is 2. The average Bonchev–Trinajstić information content (AvgIpc) is 2.72. The van der Waals surface area contributed by atoms with Crippen molar-refractivity contribution in [3.63, 3.8) is 0 Å². The maximum absolute atomic E-state index is 13.9. The van der Waals surface area contributed by atoms with Crippen LogP contribution in [0.4, 0.5) is 8.78 Å². The fourth-order valence-electron chi connectivity index (χ4n) is 3.66. The molecule has 1 aliphatic heterocycles. The fourth-order valence-corrected chi connectivity index (χ4v) is 3.66. The van der Waals surface area contributed by atoms with Crippen molar-refractivity contribution >= 4 is 5.91 Å². The van der Waals surface area contributed by atoms with Crippen LogP contribution >= 0.6 is 0 Å². The molecule has 1 amide bonds. The largest absolute Gasteiger partial charge is 0.481 e. The van der Waals surface area contributed by atoms with E-state index in [1.165, 1.54) is 24.3 Å². The summed E-state index contributed by atoms with van der Waals surface area (Å²) in [4.78, 5) is 14.6. The number of para-hydroxylation sites is 1. The molecule has 28 heavy (non-hydrogen) atoms. The highest BCUT2D eigenvalue weighted by atomic mass is 19.1. The molecule has 3 aromatic rings. The Morgan fingerprint density at radius 3 is 2.61 bits per heavy atom. The summed E-state index contributed by atoms with van der Waals surface area (Å²) in [5.41, 5.74) is 2.81. The molecule has 3 nitrogen and oxygen atoms in total. The molecule has 0 aromatic heterocycles. The molecule has 0 spiro atoms. The van der Waals surface area contributed by atoms with Gasteiger partial charge in [0.1, 0.15) is 5.82 Å². The minimum Gasteiger partial charge on any atom is -0.481 e. The molecule has 1 aliphatic rings. The van der Waals surface area contributed by atoms with E-state index < -0.39 is 11.9 Å². The van der Waals surface area contributed by atoms with Gasteiger partial charge in [-0.3, -0.25) is 4.79 Å². The van der Waals surface area contributed by atoms with Crippen molar-refractivity contribution in [3.05, 3.63) is 101 Å². The number of nitrogens with zero attached hydrogens (tertiary/aromatic N) is 1. The highest BCUT2D eigenvalue weighted by molar-refractivity contribution is 5.79. The Morgan fingerprint density at radius 1 is 1.00 bits per heavy atom. The monoisotopic (exact) mass is 379 g/mol. The third kappa shape index (κ3) is 3.60. The maximum Gasteiger partial charge on any atom is 0.261 e. The number of halogens is 2. The lowest BCUT2D eigenvalue weighted by molar-refractivity contribution is -0.135. The third-order valence-electron chi connectivity index (χ3n) is 4.96. The third-order valence-corrected chi connectivity index (χ3v) is 4.96. The zero-order chi connectivity index (χ0) is 19.5. The van der Waals surface area contributed by atoms with Gasteiger partial charge in [0.05, 0.1) is 6.04 Å². The zero-order valence-electron chi connectivity index (χ0n) is 15.1. The SMILES string of the molecule is O=C(COc1ccccc1F)N1CCc2ccccc2C1c1cccc(F)c1. The molecular weight excluding hydrogens is 360 g/mol. The second-order valence-electron chi connectivity index (χ2n) is 6.71. The minimum atomic E-state index is -0.513. The van der Waals surface area contributed by atoms with Crippen molar-refractivity contribution in [2.24, 2.45) is 0 Å². The number of benzene rings is 3. The van der Waals surface area contributed by atoms with Crippen LogP contribution in [0, 0.1) is 11.6 Å². The molecule has 0 radical (unpaired) electrons. The van der Waals surface area contributed by atoms with Crippen molar-refractivity contribution in [1.29, 1.82) is 0 Å². The topological polar surface area (TPSA) is 29.5 Å². The Balaban J connectivity index is 1.63. The van der Waals surface area contributed by atoms with E-state index >= 15 is 0 Å². The number of fused-ring (bicyclic) bond motifs is 1. The molecular formula is C23H19F2NO2. The number of rotatable bonds is 4. The highest BCUT2D eigenvalue weighted by Gasteiger charge is 2.32. The second kappa shape index (κ2) is 7.80. The minimum absolute atomic E-state index is 0.0376. The molecule has 5 heteroatoms. The van der Waals surface area contributed by atoms with Crippen molar-refractivity contribution in [2.75, 3.05) is 13.2 Å². The first-order valence-electron chi connectivity index (χ1n) is 9.13. The van der Waals surface area contributed by atoms with E-state index in [1.54, 1.807) is 23.1 Å². The summed E-state index contributed by atoms with van der Waals surface area (Å²) >= 11 is 0. The molecule has 0 bridgehead atoms. The van der Waals surface area contributed by atoms with Gasteiger partial charge < -0.3 is 9.64 Å². The average molecular weight is 379 g/mol. The molecule has 142 valence electrons. The first-order valence-corrected chi connectivity index (χ1v) is 9.13. The van der Waals surface area contributed by atoms with Gasteiger partial charge in [-0.05, 0) is 47.4 Å². The molecule has 0 aliphatic carbocycles. The van der Waals surface area contributed by atoms with Gasteiger partial charge in [0.2, 0.25) is 0 Å². The predicted octanol–water partition coefficient (Wildman–Crippen LogP) is 4.52. The van der Waals surface area contributed by atoms with E-state index in [9.17, 15) is 13.6 Å². The Hall–Kier alpha value is -3.21. The van der Waals surface area contributed by atoms with Crippen LogP contribution in [0.5, 0.6) is 5.75 Å². The summed E-state index contributed by atoms with van der Waals surface area (Å²) in [6, 6.07) is 19.7. The van der Waals surface area contributed by atoms with Gasteiger partial charge in [-0.1, -0.05) is 48.5 Å². The summed E-state index contributed by atoms with van der Waals surface area (Å²) < 4.78 is 33.1. The molecule has 3 aromatic carbocycles. The summed E-state index contributed by atoms with van der Waals surface area (Å²) in [7, 11) is 0. The van der Waals surface area contributed by atoms with E-state index in [-0.39, 0.29) is 24.1 Å². The van der Waals surface area contributed by atoms with Gasteiger partial charge in [-0.15, -0.1) is 0 Å². The standard InChI is InChI=1S/C23H19F2NO2/c24-18-8-5-7-17(14-18)23-19-9-2-1-6-16(19)12-13-26(23)22(27)15-28-21-11-4-3-10-20(21)25/h1-11,14,23H,12-13,15H2.